The van der Waals surface area contributed by atoms with Crippen LogP contribution in [0.25, 0.3) is 0 Å². The molecule has 1 rings (SSSR count). The number of carbonyl (C=O) groups excluding carboxylic acids is 1. The second-order valence-corrected chi connectivity index (χ2v) is 4.91. The van der Waals surface area contributed by atoms with Gasteiger partial charge in [0.2, 0.25) is 0 Å². The quantitative estimate of drug-likeness (QED) is 0.752. The first kappa shape index (κ1) is 14.2. The van der Waals surface area contributed by atoms with Gasteiger partial charge in [0, 0.05) is 0 Å². The molecule has 0 aliphatic heterocycles. The molecule has 0 bridgehead atoms. The lowest BCUT2D eigenvalue weighted by Crippen LogP contribution is -2.34. The molecule has 1 unspecified atom stereocenters. The van der Waals surface area contributed by atoms with Crippen LogP contribution in [0.5, 0.6) is 0 Å². The number of anilines is 1. The summed E-state index contributed by atoms with van der Waals surface area (Å²) in [6.45, 7) is 5.34. The summed E-state index contributed by atoms with van der Waals surface area (Å²) in [6.07, 6.45) is -0.0124. The van der Waals surface area contributed by atoms with E-state index in [-0.39, 0.29) is 6.54 Å². The Bertz CT molecular complexity index is 398. The highest BCUT2D eigenvalue weighted by molar-refractivity contribution is 5.67. The number of aliphatic hydroxyl groups excluding tert-OH is 1. The van der Waals surface area contributed by atoms with Crippen molar-refractivity contribution >= 4 is 11.8 Å². The van der Waals surface area contributed by atoms with Gasteiger partial charge in [0.1, 0.15) is 11.7 Å². The Morgan fingerprint density at radius 3 is 2.72 bits per heavy atom. The van der Waals surface area contributed by atoms with Crippen molar-refractivity contribution in [1.82, 2.24) is 10.3 Å². The van der Waals surface area contributed by atoms with E-state index in [1.807, 2.05) is 0 Å². The molecule has 6 nitrogen and oxygen atoms in total. The minimum absolute atomic E-state index is 0.0336. The fraction of sp³-hybridized carbons (Fsp3) is 0.500. The maximum atomic E-state index is 11.4. The van der Waals surface area contributed by atoms with Gasteiger partial charge in [-0.1, -0.05) is 0 Å². The third kappa shape index (κ3) is 5.01. The Balaban J connectivity index is 2.44. The molecule has 6 heteroatoms. The summed E-state index contributed by atoms with van der Waals surface area (Å²) in [5.41, 5.74) is 5.89. The highest BCUT2D eigenvalue weighted by Gasteiger charge is 2.17. The number of alkyl carbamates (subject to hydrolysis) is 1. The van der Waals surface area contributed by atoms with Gasteiger partial charge < -0.3 is 20.9 Å². The molecule has 100 valence electrons. The van der Waals surface area contributed by atoms with E-state index >= 15 is 0 Å². The van der Waals surface area contributed by atoms with E-state index in [1.165, 1.54) is 6.20 Å². The van der Waals surface area contributed by atoms with Crippen molar-refractivity contribution in [2.75, 3.05) is 12.3 Å². The molecule has 0 saturated heterocycles. The molecule has 4 N–H and O–H groups in total. The number of amides is 1. The number of nitrogen functional groups attached to an aromatic ring is 1. The summed E-state index contributed by atoms with van der Waals surface area (Å²) >= 11 is 0. The fourth-order valence-electron chi connectivity index (χ4n) is 1.21. The molecule has 1 aromatic heterocycles. The van der Waals surface area contributed by atoms with Crippen LogP contribution in [0.2, 0.25) is 0 Å². The molecular formula is C12H19N3O3. The lowest BCUT2D eigenvalue weighted by Gasteiger charge is -2.20. The number of hydrogen-bond acceptors (Lipinski definition) is 5. The summed E-state index contributed by atoms with van der Waals surface area (Å²) in [5.74, 6) is 0. The Hall–Kier alpha value is -1.82. The number of nitrogens with two attached hydrogens (primary N) is 1. The van der Waals surface area contributed by atoms with Gasteiger partial charge in [0.25, 0.3) is 0 Å². The largest absolute Gasteiger partial charge is 0.444 e. The van der Waals surface area contributed by atoms with Gasteiger partial charge in [-0.25, -0.2) is 4.79 Å². The second kappa shape index (κ2) is 5.68. The molecule has 0 aliphatic carbocycles. The van der Waals surface area contributed by atoms with Crippen molar-refractivity contribution in [3.63, 3.8) is 0 Å². The van der Waals surface area contributed by atoms with E-state index in [2.05, 4.69) is 10.3 Å². The molecule has 0 aromatic carbocycles. The number of rotatable bonds is 3. The third-order valence-corrected chi connectivity index (χ3v) is 1.99. The van der Waals surface area contributed by atoms with E-state index in [0.717, 1.165) is 0 Å². The first-order valence-electron chi connectivity index (χ1n) is 5.64. The van der Waals surface area contributed by atoms with Crippen LogP contribution < -0.4 is 11.1 Å². The highest BCUT2D eigenvalue weighted by Crippen LogP contribution is 2.11. The molecule has 1 amide bonds. The summed E-state index contributed by atoms with van der Waals surface area (Å²) in [7, 11) is 0. The van der Waals surface area contributed by atoms with E-state index in [9.17, 15) is 9.90 Å². The van der Waals surface area contributed by atoms with E-state index < -0.39 is 17.8 Å². The van der Waals surface area contributed by atoms with Crippen molar-refractivity contribution in [3.05, 3.63) is 24.0 Å². The molecule has 1 atom stereocenters. The summed E-state index contributed by atoms with van der Waals surface area (Å²) in [6, 6.07) is 3.25. The first-order valence-corrected chi connectivity index (χ1v) is 5.64. The fourth-order valence-corrected chi connectivity index (χ4v) is 1.21. The van der Waals surface area contributed by atoms with Crippen LogP contribution in [0.15, 0.2) is 18.3 Å². The van der Waals surface area contributed by atoms with E-state index in [1.54, 1.807) is 32.9 Å². The number of aliphatic hydroxyl groups is 1. The van der Waals surface area contributed by atoms with Gasteiger partial charge in [-0.2, -0.15) is 0 Å². The molecule has 0 spiro atoms. The van der Waals surface area contributed by atoms with Gasteiger partial charge >= 0.3 is 6.09 Å². The SMILES string of the molecule is CC(C)(C)OC(=O)NCC(O)c1ccc(N)cn1. The maximum absolute atomic E-state index is 11.4. The van der Waals surface area contributed by atoms with E-state index in [4.69, 9.17) is 10.5 Å². The van der Waals surface area contributed by atoms with Crippen molar-refractivity contribution in [2.24, 2.45) is 0 Å². The number of nitrogens with zero attached hydrogens (tertiary/aromatic N) is 1. The van der Waals surface area contributed by atoms with Crippen molar-refractivity contribution in [3.8, 4) is 0 Å². The van der Waals surface area contributed by atoms with Crippen LogP contribution in [-0.4, -0.2) is 28.3 Å². The van der Waals surface area contributed by atoms with E-state index in [0.29, 0.717) is 11.4 Å². The predicted octanol–water partition coefficient (Wildman–Crippen LogP) is 1.22. The Morgan fingerprint density at radius 2 is 2.22 bits per heavy atom. The van der Waals surface area contributed by atoms with Crippen LogP contribution in [-0.2, 0) is 4.74 Å². The normalized spacial score (nSPS) is 12.9. The second-order valence-electron chi connectivity index (χ2n) is 4.91. The molecule has 18 heavy (non-hydrogen) atoms. The van der Waals surface area contributed by atoms with Gasteiger partial charge in [-0.05, 0) is 32.9 Å². The monoisotopic (exact) mass is 253 g/mol. The summed E-state index contributed by atoms with van der Waals surface area (Å²) in [4.78, 5) is 15.3. The molecule has 1 heterocycles. The van der Waals surface area contributed by atoms with Crippen molar-refractivity contribution in [2.45, 2.75) is 32.5 Å². The molecule has 0 aliphatic rings. The Labute approximate surface area is 106 Å². The average Bonchev–Trinajstić information content (AvgIpc) is 2.24. The predicted molar refractivity (Wildman–Crippen MR) is 67.8 cm³/mol. The Kier molecular flexibility index (Phi) is 4.49. The Morgan fingerprint density at radius 1 is 1.56 bits per heavy atom. The molecule has 1 aromatic rings. The van der Waals surface area contributed by atoms with Crippen molar-refractivity contribution < 1.29 is 14.6 Å². The summed E-state index contributed by atoms with van der Waals surface area (Å²) < 4.78 is 5.04. The maximum Gasteiger partial charge on any atom is 0.407 e. The highest BCUT2D eigenvalue weighted by atomic mass is 16.6. The van der Waals surface area contributed by atoms with Crippen LogP contribution in [0.4, 0.5) is 10.5 Å². The number of ether oxygens (including phenoxy) is 1. The average molecular weight is 253 g/mol. The molecule has 0 fully saturated rings. The zero-order valence-electron chi connectivity index (χ0n) is 10.8. The minimum atomic E-state index is -0.891. The first-order chi connectivity index (χ1) is 8.28. The van der Waals surface area contributed by atoms with Crippen LogP contribution in [0.1, 0.15) is 32.6 Å². The lowest BCUT2D eigenvalue weighted by atomic mass is 10.2. The molecule has 0 radical (unpaired) electrons. The lowest BCUT2D eigenvalue weighted by molar-refractivity contribution is 0.0490. The number of nitrogens with one attached hydrogen (secondary N) is 1. The van der Waals surface area contributed by atoms with Gasteiger partial charge in [0.05, 0.1) is 24.1 Å². The topological polar surface area (TPSA) is 97.5 Å². The van der Waals surface area contributed by atoms with Gasteiger partial charge in [-0.15, -0.1) is 0 Å². The zero-order valence-corrected chi connectivity index (χ0v) is 10.8. The minimum Gasteiger partial charge on any atom is -0.444 e. The third-order valence-electron chi connectivity index (χ3n) is 1.99. The van der Waals surface area contributed by atoms with Gasteiger partial charge in [-0.3, -0.25) is 4.98 Å². The number of pyridine rings is 1. The molecule has 0 saturated carbocycles. The smallest absolute Gasteiger partial charge is 0.407 e. The van der Waals surface area contributed by atoms with Gasteiger partial charge in [0.15, 0.2) is 0 Å². The number of carbonyl (C=O) groups is 1. The van der Waals surface area contributed by atoms with Crippen LogP contribution in [0, 0.1) is 0 Å². The molecular weight excluding hydrogens is 234 g/mol. The van der Waals surface area contributed by atoms with Crippen molar-refractivity contribution in [1.29, 1.82) is 0 Å². The summed E-state index contributed by atoms with van der Waals surface area (Å²) in [5, 5.41) is 12.3. The number of aromatic nitrogens is 1. The van der Waals surface area contributed by atoms with Crippen LogP contribution in [0.3, 0.4) is 0 Å². The van der Waals surface area contributed by atoms with Crippen LogP contribution >= 0.6 is 0 Å². The zero-order chi connectivity index (χ0) is 13.8. The standard InChI is InChI=1S/C12H19N3O3/c1-12(2,3)18-11(17)15-7-10(16)9-5-4-8(13)6-14-9/h4-6,10,16H,7,13H2,1-3H3,(H,15,17). The number of hydrogen-bond donors (Lipinski definition) is 3.